The van der Waals surface area contributed by atoms with Crippen LogP contribution in [-0.4, -0.2) is 13.1 Å². The molecule has 1 heteroatoms. The van der Waals surface area contributed by atoms with Gasteiger partial charge in [0.1, 0.15) is 0 Å². The lowest BCUT2D eigenvalue weighted by atomic mass is 9.80. The van der Waals surface area contributed by atoms with Gasteiger partial charge in [-0.25, -0.2) is 0 Å². The molecule has 1 saturated heterocycles. The van der Waals surface area contributed by atoms with Crippen molar-refractivity contribution in [2.75, 3.05) is 13.1 Å². The molecule has 0 aliphatic carbocycles. The Morgan fingerprint density at radius 1 is 1.06 bits per heavy atom. The molecule has 1 aromatic rings. The first-order chi connectivity index (χ1) is 7.59. The second-order valence-electron chi connectivity index (χ2n) is 5.37. The minimum atomic E-state index is 0.702. The number of hydrogen-bond donors (Lipinski definition) is 1. The molecule has 2 unspecified atom stereocenters. The quantitative estimate of drug-likeness (QED) is 0.761. The highest BCUT2D eigenvalue weighted by atomic mass is 14.9. The van der Waals surface area contributed by atoms with Crippen molar-refractivity contribution in [2.24, 2.45) is 5.92 Å². The maximum atomic E-state index is 3.53. The average molecular weight is 217 g/mol. The first kappa shape index (κ1) is 11.7. The Balaban J connectivity index is 2.35. The average Bonchev–Trinajstić information content (AvgIpc) is 2.25. The highest BCUT2D eigenvalue weighted by molar-refractivity contribution is 5.39. The summed E-state index contributed by atoms with van der Waals surface area (Å²) < 4.78 is 0. The largest absolute Gasteiger partial charge is 0.316 e. The summed E-state index contributed by atoms with van der Waals surface area (Å²) >= 11 is 0. The molecule has 0 amide bonds. The Bertz CT molecular complexity index is 381. The molecule has 1 heterocycles. The molecule has 16 heavy (non-hydrogen) atoms. The summed E-state index contributed by atoms with van der Waals surface area (Å²) in [4.78, 5) is 0. The van der Waals surface area contributed by atoms with Crippen LogP contribution >= 0.6 is 0 Å². The van der Waals surface area contributed by atoms with E-state index >= 15 is 0 Å². The van der Waals surface area contributed by atoms with Gasteiger partial charge < -0.3 is 5.32 Å². The van der Waals surface area contributed by atoms with Gasteiger partial charge in [-0.15, -0.1) is 0 Å². The summed E-state index contributed by atoms with van der Waals surface area (Å²) in [7, 11) is 0. The Morgan fingerprint density at radius 3 is 2.44 bits per heavy atom. The van der Waals surface area contributed by atoms with Crippen LogP contribution in [-0.2, 0) is 0 Å². The van der Waals surface area contributed by atoms with Crippen LogP contribution in [0.1, 0.15) is 41.5 Å². The lowest BCUT2D eigenvalue weighted by molar-refractivity contribution is 0.347. The fourth-order valence-corrected chi connectivity index (χ4v) is 2.79. The summed E-state index contributed by atoms with van der Waals surface area (Å²) in [5.41, 5.74) is 5.86. The summed E-state index contributed by atoms with van der Waals surface area (Å²) in [6.07, 6.45) is 1.30. The molecule has 88 valence electrons. The molecule has 2 rings (SSSR count). The molecule has 0 bridgehead atoms. The highest BCUT2D eigenvalue weighted by Crippen LogP contribution is 2.32. The highest BCUT2D eigenvalue weighted by Gasteiger charge is 2.24. The molecular formula is C15H23N. The van der Waals surface area contributed by atoms with Crippen LogP contribution in [0, 0.1) is 26.7 Å². The Hall–Kier alpha value is -0.820. The number of nitrogens with one attached hydrogen (secondary N) is 1. The predicted molar refractivity (Wildman–Crippen MR) is 70.0 cm³/mol. The van der Waals surface area contributed by atoms with E-state index in [1.807, 2.05) is 0 Å². The molecule has 1 N–H and O–H groups in total. The maximum Gasteiger partial charge on any atom is 0.00228 e. The number of rotatable bonds is 1. The van der Waals surface area contributed by atoms with Crippen molar-refractivity contribution in [3.8, 4) is 0 Å². The van der Waals surface area contributed by atoms with Crippen molar-refractivity contribution < 1.29 is 0 Å². The van der Waals surface area contributed by atoms with E-state index in [-0.39, 0.29) is 0 Å². The summed E-state index contributed by atoms with van der Waals surface area (Å²) in [6.45, 7) is 11.4. The number of benzene rings is 1. The van der Waals surface area contributed by atoms with Crippen molar-refractivity contribution >= 4 is 0 Å². The number of piperidine rings is 1. The van der Waals surface area contributed by atoms with E-state index in [1.54, 1.807) is 5.56 Å². The SMILES string of the molecule is Cc1cc(C)c(C2CNCCC2C)cc1C. The minimum absolute atomic E-state index is 0.702. The first-order valence-electron chi connectivity index (χ1n) is 6.38. The zero-order valence-corrected chi connectivity index (χ0v) is 10.9. The smallest absolute Gasteiger partial charge is 0.00228 e. The fraction of sp³-hybridized carbons (Fsp3) is 0.600. The maximum absolute atomic E-state index is 3.53. The summed E-state index contributed by atoms with van der Waals surface area (Å²) in [6, 6.07) is 4.74. The van der Waals surface area contributed by atoms with Crippen molar-refractivity contribution in [1.29, 1.82) is 0 Å². The van der Waals surface area contributed by atoms with Crippen molar-refractivity contribution in [3.63, 3.8) is 0 Å². The predicted octanol–water partition coefficient (Wildman–Crippen LogP) is 3.32. The van der Waals surface area contributed by atoms with Gasteiger partial charge in [0.15, 0.2) is 0 Å². The molecule has 1 aliphatic heterocycles. The van der Waals surface area contributed by atoms with Crippen LogP contribution < -0.4 is 5.32 Å². The molecule has 1 fully saturated rings. The van der Waals surface area contributed by atoms with E-state index in [9.17, 15) is 0 Å². The van der Waals surface area contributed by atoms with Gasteiger partial charge in [-0.3, -0.25) is 0 Å². The van der Waals surface area contributed by atoms with Gasteiger partial charge in [0.05, 0.1) is 0 Å². The number of aryl methyl sites for hydroxylation is 3. The molecule has 0 saturated carbocycles. The lowest BCUT2D eigenvalue weighted by Crippen LogP contribution is -2.34. The van der Waals surface area contributed by atoms with Crippen molar-refractivity contribution in [2.45, 2.75) is 40.0 Å². The normalized spacial score (nSPS) is 25.8. The topological polar surface area (TPSA) is 12.0 Å². The van der Waals surface area contributed by atoms with Crippen LogP contribution in [0.25, 0.3) is 0 Å². The van der Waals surface area contributed by atoms with Gasteiger partial charge in [-0.05, 0) is 67.8 Å². The van der Waals surface area contributed by atoms with Crippen LogP contribution in [0.3, 0.4) is 0 Å². The molecule has 1 aliphatic rings. The van der Waals surface area contributed by atoms with E-state index in [0.717, 1.165) is 12.5 Å². The van der Waals surface area contributed by atoms with Crippen molar-refractivity contribution in [1.82, 2.24) is 5.32 Å². The third-order valence-corrected chi connectivity index (χ3v) is 4.11. The van der Waals surface area contributed by atoms with E-state index in [2.05, 4.69) is 45.1 Å². The molecule has 0 aromatic heterocycles. The van der Waals surface area contributed by atoms with E-state index in [0.29, 0.717) is 5.92 Å². The fourth-order valence-electron chi connectivity index (χ4n) is 2.79. The van der Waals surface area contributed by atoms with E-state index in [1.165, 1.54) is 29.7 Å². The van der Waals surface area contributed by atoms with Gasteiger partial charge in [0.25, 0.3) is 0 Å². The van der Waals surface area contributed by atoms with Crippen LogP contribution in [0.15, 0.2) is 12.1 Å². The third-order valence-electron chi connectivity index (χ3n) is 4.11. The second-order valence-corrected chi connectivity index (χ2v) is 5.37. The summed E-state index contributed by atoms with van der Waals surface area (Å²) in [5.74, 6) is 1.51. The van der Waals surface area contributed by atoms with Crippen LogP contribution in [0.5, 0.6) is 0 Å². The molecule has 0 spiro atoms. The van der Waals surface area contributed by atoms with Crippen LogP contribution in [0.4, 0.5) is 0 Å². The zero-order valence-electron chi connectivity index (χ0n) is 10.9. The molecule has 1 aromatic carbocycles. The monoisotopic (exact) mass is 217 g/mol. The number of hydrogen-bond acceptors (Lipinski definition) is 1. The minimum Gasteiger partial charge on any atom is -0.316 e. The summed E-state index contributed by atoms with van der Waals surface area (Å²) in [5, 5.41) is 3.53. The van der Waals surface area contributed by atoms with Gasteiger partial charge in [0.2, 0.25) is 0 Å². The third kappa shape index (κ3) is 2.15. The molecule has 2 atom stereocenters. The molecule has 1 nitrogen and oxygen atoms in total. The molecular weight excluding hydrogens is 194 g/mol. The standard InChI is InChI=1S/C15H23N/c1-10-5-6-16-9-15(10)14-8-12(3)11(2)7-13(14)4/h7-8,10,15-16H,5-6,9H2,1-4H3. The van der Waals surface area contributed by atoms with E-state index in [4.69, 9.17) is 0 Å². The Labute approximate surface area is 99.3 Å². The van der Waals surface area contributed by atoms with Gasteiger partial charge >= 0.3 is 0 Å². The van der Waals surface area contributed by atoms with E-state index < -0.39 is 0 Å². The first-order valence-corrected chi connectivity index (χ1v) is 6.38. The van der Waals surface area contributed by atoms with Gasteiger partial charge in [-0.2, -0.15) is 0 Å². The second kappa shape index (κ2) is 4.58. The Kier molecular flexibility index (Phi) is 3.34. The lowest BCUT2D eigenvalue weighted by Gasteiger charge is -2.31. The van der Waals surface area contributed by atoms with Crippen molar-refractivity contribution in [3.05, 3.63) is 34.4 Å². The Morgan fingerprint density at radius 2 is 1.75 bits per heavy atom. The van der Waals surface area contributed by atoms with Crippen LogP contribution in [0.2, 0.25) is 0 Å². The van der Waals surface area contributed by atoms with Gasteiger partial charge in [0, 0.05) is 6.54 Å². The zero-order chi connectivity index (χ0) is 11.7. The van der Waals surface area contributed by atoms with Gasteiger partial charge in [-0.1, -0.05) is 19.1 Å². The molecule has 0 radical (unpaired) electrons.